The smallest absolute Gasteiger partial charge is 0.0702 e. The first-order valence-corrected chi connectivity index (χ1v) is 21.4. The Morgan fingerprint density at radius 2 is 0.698 bits per heavy atom. The summed E-state index contributed by atoms with van der Waals surface area (Å²) in [6, 6.07) is 88.5. The summed E-state index contributed by atoms with van der Waals surface area (Å²) >= 11 is 0. The van der Waals surface area contributed by atoms with Crippen LogP contribution in [0.3, 0.4) is 0 Å². The Balaban J connectivity index is 1.03. The first-order valence-electron chi connectivity index (χ1n) is 21.4. The lowest BCUT2D eigenvalue weighted by Gasteiger charge is -2.26. The fourth-order valence-electron chi connectivity index (χ4n) is 8.78. The number of aromatic nitrogens is 2. The molecule has 0 atom stereocenters. The molecule has 4 heteroatoms. The Morgan fingerprint density at radius 3 is 1.14 bits per heavy atom. The van der Waals surface area contributed by atoms with Gasteiger partial charge in [0.1, 0.15) is 0 Å². The van der Waals surface area contributed by atoms with Gasteiger partial charge >= 0.3 is 0 Å². The summed E-state index contributed by atoms with van der Waals surface area (Å²) in [6.07, 6.45) is 1.97. The van der Waals surface area contributed by atoms with E-state index in [0.29, 0.717) is 0 Å². The van der Waals surface area contributed by atoms with E-state index in [9.17, 15) is 0 Å². The maximum atomic E-state index is 4.80. The summed E-state index contributed by atoms with van der Waals surface area (Å²) in [5, 5.41) is 2.34. The van der Waals surface area contributed by atoms with Crippen molar-refractivity contribution >= 4 is 55.9 Å². The maximum absolute atomic E-state index is 4.80. The Hall–Kier alpha value is -8.47. The van der Waals surface area contributed by atoms with Crippen molar-refractivity contribution in [3.8, 4) is 39.2 Å². The molecule has 2 aromatic heterocycles. The largest absolute Gasteiger partial charge is 0.310 e. The van der Waals surface area contributed by atoms with Gasteiger partial charge in [-0.1, -0.05) is 140 Å². The summed E-state index contributed by atoms with van der Waals surface area (Å²) in [7, 11) is 0. The number of benzene rings is 9. The average Bonchev–Trinajstić information content (AvgIpc) is 3.69. The van der Waals surface area contributed by atoms with Crippen molar-refractivity contribution in [2.45, 2.75) is 0 Å². The van der Waals surface area contributed by atoms with Gasteiger partial charge in [-0.2, -0.15) is 0 Å². The molecule has 63 heavy (non-hydrogen) atoms. The number of fused-ring (bicyclic) bond motifs is 3. The van der Waals surface area contributed by atoms with Gasteiger partial charge in [-0.15, -0.1) is 0 Å². The van der Waals surface area contributed by atoms with Crippen LogP contribution in [0.1, 0.15) is 0 Å². The molecular weight excluding hydrogens is 765 g/mol. The van der Waals surface area contributed by atoms with Gasteiger partial charge in [0, 0.05) is 67.9 Å². The van der Waals surface area contributed by atoms with Crippen LogP contribution < -0.4 is 9.80 Å². The van der Waals surface area contributed by atoms with E-state index >= 15 is 0 Å². The molecule has 11 aromatic rings. The van der Waals surface area contributed by atoms with Crippen molar-refractivity contribution in [3.05, 3.63) is 255 Å². The minimum atomic E-state index is 0.970. The molecule has 0 aliphatic carbocycles. The maximum Gasteiger partial charge on any atom is 0.0702 e. The van der Waals surface area contributed by atoms with Gasteiger partial charge in [0.25, 0.3) is 0 Å². The van der Waals surface area contributed by atoms with Gasteiger partial charge in [0.15, 0.2) is 0 Å². The number of hydrogen-bond donors (Lipinski definition) is 0. The molecule has 0 spiro atoms. The Bertz CT molecular complexity index is 3070. The van der Waals surface area contributed by atoms with Crippen LogP contribution in [0.4, 0.5) is 34.1 Å². The zero-order valence-electron chi connectivity index (χ0n) is 34.5. The number of anilines is 6. The minimum absolute atomic E-state index is 0.970. The van der Waals surface area contributed by atoms with E-state index in [1.165, 1.54) is 10.8 Å². The number of pyridine rings is 1. The Labute approximate surface area is 367 Å². The Morgan fingerprint density at radius 1 is 0.286 bits per heavy atom. The number of nitrogens with zero attached hydrogens (tertiary/aromatic N) is 4. The van der Waals surface area contributed by atoms with Crippen LogP contribution in [0.5, 0.6) is 0 Å². The summed E-state index contributed by atoms with van der Waals surface area (Å²) in [4.78, 5) is 9.47. The predicted octanol–water partition coefficient (Wildman–Crippen LogP) is 16.1. The number of rotatable bonds is 10. The molecule has 0 saturated carbocycles. The molecule has 0 bridgehead atoms. The van der Waals surface area contributed by atoms with Crippen LogP contribution >= 0.6 is 0 Å². The van der Waals surface area contributed by atoms with E-state index in [0.717, 1.165) is 84.4 Å². The summed E-state index contributed by atoms with van der Waals surface area (Å²) in [5.41, 5.74) is 16.6. The minimum Gasteiger partial charge on any atom is -0.310 e. The van der Waals surface area contributed by atoms with Crippen molar-refractivity contribution in [1.29, 1.82) is 0 Å². The molecular formula is C59H42N4. The summed E-state index contributed by atoms with van der Waals surface area (Å²) in [6.45, 7) is 0. The highest BCUT2D eigenvalue weighted by molar-refractivity contribution is 6.12. The lowest BCUT2D eigenvalue weighted by atomic mass is 9.99. The average molecular weight is 807 g/mol. The first kappa shape index (κ1) is 37.5. The fourth-order valence-corrected chi connectivity index (χ4v) is 8.78. The van der Waals surface area contributed by atoms with E-state index in [-0.39, 0.29) is 0 Å². The zero-order valence-corrected chi connectivity index (χ0v) is 34.5. The predicted molar refractivity (Wildman–Crippen MR) is 264 cm³/mol. The molecule has 0 N–H and O–H groups in total. The van der Waals surface area contributed by atoms with Crippen molar-refractivity contribution in [1.82, 2.24) is 9.55 Å². The topological polar surface area (TPSA) is 24.3 Å². The zero-order chi connectivity index (χ0) is 42.0. The standard InChI is InChI=1S/C59H42N4/c1-6-17-44(18-7-1)57-36-31-47(42-60-57)46-20-16-19-45(39-46)43-29-32-52(33-30-43)63-58-37-34-53(61(48-21-8-2-9-22-48)49-23-10-3-11-24-49)40-55(58)56-41-54(35-38-59(56)63)62(50-25-12-4-13-26-50)51-27-14-5-15-28-51/h1-42H. The summed E-state index contributed by atoms with van der Waals surface area (Å²) in [5.74, 6) is 0. The van der Waals surface area contributed by atoms with Crippen molar-refractivity contribution in [2.24, 2.45) is 0 Å². The van der Waals surface area contributed by atoms with Gasteiger partial charge in [-0.25, -0.2) is 0 Å². The highest BCUT2D eigenvalue weighted by atomic mass is 15.1. The van der Waals surface area contributed by atoms with Crippen molar-refractivity contribution in [2.75, 3.05) is 9.80 Å². The lowest BCUT2D eigenvalue weighted by molar-refractivity contribution is 1.18. The monoisotopic (exact) mass is 806 g/mol. The molecule has 4 nitrogen and oxygen atoms in total. The van der Waals surface area contributed by atoms with Crippen molar-refractivity contribution < 1.29 is 0 Å². The summed E-state index contributed by atoms with van der Waals surface area (Å²) < 4.78 is 2.41. The molecule has 0 aliphatic heterocycles. The van der Waals surface area contributed by atoms with Gasteiger partial charge in [0.05, 0.1) is 16.7 Å². The SMILES string of the molecule is c1ccc(-c2ccc(-c3cccc(-c4ccc(-n5c6ccc(N(c7ccccc7)c7ccccc7)cc6c6cc(N(c7ccccc7)c7ccccc7)ccc65)cc4)c3)cn2)cc1. The van der Waals surface area contributed by atoms with E-state index in [4.69, 9.17) is 4.98 Å². The molecule has 11 rings (SSSR count). The second kappa shape index (κ2) is 16.5. The molecule has 0 saturated heterocycles. The molecule has 0 radical (unpaired) electrons. The second-order valence-corrected chi connectivity index (χ2v) is 15.7. The molecule has 0 amide bonds. The van der Waals surface area contributed by atoms with Crippen LogP contribution in [0.15, 0.2) is 255 Å². The molecule has 0 aliphatic rings. The van der Waals surface area contributed by atoms with E-state index < -0.39 is 0 Å². The second-order valence-electron chi connectivity index (χ2n) is 15.7. The van der Waals surface area contributed by atoms with Crippen molar-refractivity contribution in [3.63, 3.8) is 0 Å². The van der Waals surface area contributed by atoms with Crippen LogP contribution in [-0.4, -0.2) is 9.55 Å². The molecule has 0 fully saturated rings. The molecule has 9 aromatic carbocycles. The first-order chi connectivity index (χ1) is 31.2. The lowest BCUT2D eigenvalue weighted by Crippen LogP contribution is -2.09. The quantitative estimate of drug-likeness (QED) is 0.138. The third-order valence-electron chi connectivity index (χ3n) is 11.8. The van der Waals surface area contributed by atoms with Gasteiger partial charge in [0.2, 0.25) is 0 Å². The van der Waals surface area contributed by atoms with Gasteiger partial charge in [-0.05, 0) is 126 Å². The Kier molecular flexibility index (Phi) is 9.85. The van der Waals surface area contributed by atoms with E-state index in [2.05, 4.69) is 245 Å². The highest BCUT2D eigenvalue weighted by Crippen LogP contribution is 2.43. The number of para-hydroxylation sites is 4. The third kappa shape index (κ3) is 7.30. The highest BCUT2D eigenvalue weighted by Gasteiger charge is 2.20. The molecule has 0 unspecified atom stereocenters. The fraction of sp³-hybridized carbons (Fsp3) is 0. The van der Waals surface area contributed by atoms with Gasteiger partial charge in [-0.3, -0.25) is 4.98 Å². The normalized spacial score (nSPS) is 11.2. The van der Waals surface area contributed by atoms with Crippen LogP contribution in [0.2, 0.25) is 0 Å². The van der Waals surface area contributed by atoms with Crippen LogP contribution in [0.25, 0.3) is 61.0 Å². The van der Waals surface area contributed by atoms with Crippen LogP contribution in [-0.2, 0) is 0 Å². The van der Waals surface area contributed by atoms with Crippen LogP contribution in [0, 0.1) is 0 Å². The number of hydrogen-bond acceptors (Lipinski definition) is 3. The van der Waals surface area contributed by atoms with Gasteiger partial charge < -0.3 is 14.4 Å². The molecule has 2 heterocycles. The molecule has 298 valence electrons. The van der Waals surface area contributed by atoms with E-state index in [1.54, 1.807) is 0 Å². The van der Waals surface area contributed by atoms with E-state index in [1.807, 2.05) is 24.4 Å². The third-order valence-corrected chi connectivity index (χ3v) is 11.8.